The lowest BCUT2D eigenvalue weighted by Gasteiger charge is -2.22. The van der Waals surface area contributed by atoms with E-state index < -0.39 is 28.2 Å². The second kappa shape index (κ2) is 6.68. The van der Waals surface area contributed by atoms with Gasteiger partial charge in [-0.25, -0.2) is 17.2 Å². The normalized spacial score (nSPS) is 11.5. The summed E-state index contributed by atoms with van der Waals surface area (Å²) in [5.74, 6) is -1.33. The number of benzene rings is 1. The second-order valence-electron chi connectivity index (χ2n) is 5.36. The minimum Gasteiger partial charge on any atom is -0.285 e. The highest BCUT2D eigenvalue weighted by atomic mass is 32.2. The summed E-state index contributed by atoms with van der Waals surface area (Å²) in [6, 6.07) is 6.81. The number of hydrogen-bond donors (Lipinski definition) is 0. The van der Waals surface area contributed by atoms with E-state index in [-0.39, 0.29) is 10.6 Å². The molecule has 1 aromatic carbocycles. The van der Waals surface area contributed by atoms with Gasteiger partial charge in [-0.15, -0.1) is 10.2 Å². The van der Waals surface area contributed by atoms with Gasteiger partial charge < -0.3 is 0 Å². The van der Waals surface area contributed by atoms with Crippen LogP contribution < -0.4 is 4.31 Å². The summed E-state index contributed by atoms with van der Waals surface area (Å²) in [6.45, 7) is 1.24. The summed E-state index contributed by atoms with van der Waals surface area (Å²) in [7, 11) is -4.24. The highest BCUT2D eigenvalue weighted by Gasteiger charge is 2.26. The fourth-order valence-corrected chi connectivity index (χ4v) is 3.85. The van der Waals surface area contributed by atoms with E-state index in [2.05, 4.69) is 10.2 Å². The zero-order chi connectivity index (χ0) is 18.9. The van der Waals surface area contributed by atoms with E-state index in [0.29, 0.717) is 28.3 Å². The Morgan fingerprint density at radius 3 is 2.50 bits per heavy atom. The van der Waals surface area contributed by atoms with Gasteiger partial charge in [0.2, 0.25) is 0 Å². The molecular weight excluding hydrogens is 364 g/mol. The van der Waals surface area contributed by atoms with Gasteiger partial charge in [0, 0.05) is 18.7 Å². The molecule has 0 aliphatic carbocycles. The highest BCUT2D eigenvalue weighted by molar-refractivity contribution is 7.92. The van der Waals surface area contributed by atoms with Crippen LogP contribution in [-0.4, -0.2) is 29.6 Å². The van der Waals surface area contributed by atoms with Gasteiger partial charge in [-0.2, -0.15) is 5.26 Å². The predicted molar refractivity (Wildman–Crippen MR) is 88.9 cm³/mol. The van der Waals surface area contributed by atoms with Crippen LogP contribution in [-0.2, 0) is 16.4 Å². The number of aryl methyl sites for hydroxylation is 1. The molecule has 0 atom stereocenters. The largest absolute Gasteiger partial charge is 0.285 e. The lowest BCUT2D eigenvalue weighted by atomic mass is 10.3. The molecule has 2 aromatic heterocycles. The molecule has 0 radical (unpaired) electrons. The molecule has 0 unspecified atom stereocenters. The lowest BCUT2D eigenvalue weighted by molar-refractivity contribution is 0.581. The zero-order valence-electron chi connectivity index (χ0n) is 13.6. The molecule has 0 amide bonds. The molecule has 26 heavy (non-hydrogen) atoms. The smallest absolute Gasteiger partial charge is 0.266 e. The van der Waals surface area contributed by atoms with E-state index in [1.807, 2.05) is 6.92 Å². The van der Waals surface area contributed by atoms with Crippen LogP contribution in [0, 0.1) is 23.0 Å². The summed E-state index contributed by atoms with van der Waals surface area (Å²) in [5.41, 5.74) is 0.188. The fraction of sp³-hybridized carbons (Fsp3) is 0.188. The molecule has 0 saturated carbocycles. The third-order valence-electron chi connectivity index (χ3n) is 3.70. The molecule has 0 saturated heterocycles. The highest BCUT2D eigenvalue weighted by Crippen LogP contribution is 2.25. The van der Waals surface area contributed by atoms with Gasteiger partial charge in [0.25, 0.3) is 10.0 Å². The minimum absolute atomic E-state index is 0.153. The Bertz CT molecular complexity index is 1100. The lowest BCUT2D eigenvalue weighted by Crippen LogP contribution is -2.31. The number of nitriles is 1. The monoisotopic (exact) mass is 377 g/mol. The number of aromatic nitrogens is 3. The molecule has 2 heterocycles. The Labute approximate surface area is 148 Å². The molecule has 0 N–H and O–H groups in total. The van der Waals surface area contributed by atoms with Crippen molar-refractivity contribution < 1.29 is 17.2 Å². The van der Waals surface area contributed by atoms with Crippen LogP contribution >= 0.6 is 0 Å². The molecule has 0 bridgehead atoms. The number of hydrogen-bond acceptors (Lipinski definition) is 5. The summed E-state index contributed by atoms with van der Waals surface area (Å²) in [6.07, 6.45) is 1.85. The van der Waals surface area contributed by atoms with Crippen molar-refractivity contribution in [1.82, 2.24) is 14.6 Å². The molecule has 3 rings (SSSR count). The predicted octanol–water partition coefficient (Wildman–Crippen LogP) is 2.29. The molecular formula is C16H13F2N5O2S. The third-order valence-corrected chi connectivity index (χ3v) is 5.46. The summed E-state index contributed by atoms with van der Waals surface area (Å²) in [5, 5.41) is 16.9. The van der Waals surface area contributed by atoms with E-state index in [9.17, 15) is 17.2 Å². The first kappa shape index (κ1) is 17.8. The Hall–Kier alpha value is -3.06. The number of fused-ring (bicyclic) bond motifs is 1. The quantitative estimate of drug-likeness (QED) is 0.636. The van der Waals surface area contributed by atoms with Crippen LogP contribution in [0.2, 0.25) is 0 Å². The maximum absolute atomic E-state index is 13.5. The number of halogens is 2. The number of anilines is 1. The number of rotatable bonds is 5. The first-order valence-corrected chi connectivity index (χ1v) is 9.00. The Kier molecular flexibility index (Phi) is 4.56. The third kappa shape index (κ3) is 3.09. The Morgan fingerprint density at radius 2 is 1.88 bits per heavy atom. The van der Waals surface area contributed by atoms with Crippen molar-refractivity contribution in [1.29, 1.82) is 5.26 Å². The second-order valence-corrected chi connectivity index (χ2v) is 7.22. The van der Waals surface area contributed by atoms with Crippen LogP contribution in [0.15, 0.2) is 41.4 Å². The van der Waals surface area contributed by atoms with Crippen LogP contribution in [0.25, 0.3) is 5.65 Å². The maximum atomic E-state index is 13.5. The fourth-order valence-electron chi connectivity index (χ4n) is 2.50. The van der Waals surface area contributed by atoms with Crippen molar-refractivity contribution in [3.8, 4) is 6.07 Å². The van der Waals surface area contributed by atoms with E-state index >= 15 is 0 Å². The SMILES string of the molecule is CCc1nnc2ccc(S(=O)(=O)N(CC#N)c3cc(F)cc(F)c3)cn12. The zero-order valence-corrected chi connectivity index (χ0v) is 14.4. The van der Waals surface area contributed by atoms with Gasteiger partial charge in [0.15, 0.2) is 5.65 Å². The van der Waals surface area contributed by atoms with E-state index in [1.54, 1.807) is 6.07 Å². The van der Waals surface area contributed by atoms with Crippen molar-refractivity contribution in [2.45, 2.75) is 18.2 Å². The average molecular weight is 377 g/mol. The van der Waals surface area contributed by atoms with Gasteiger partial charge >= 0.3 is 0 Å². The Balaban J connectivity index is 2.15. The van der Waals surface area contributed by atoms with Crippen LogP contribution in [0.4, 0.5) is 14.5 Å². The molecule has 7 nitrogen and oxygen atoms in total. The summed E-state index contributed by atoms with van der Waals surface area (Å²) in [4.78, 5) is -0.153. The standard InChI is InChI=1S/C16H13F2N5O2S/c1-2-15-20-21-16-4-3-14(10-22(15)16)26(24,25)23(6-5-19)13-8-11(17)7-12(18)9-13/h3-4,7-10H,2,6H2,1H3. The number of pyridine rings is 1. The van der Waals surface area contributed by atoms with Crippen molar-refractivity contribution in [2.24, 2.45) is 0 Å². The van der Waals surface area contributed by atoms with E-state index in [1.165, 1.54) is 22.7 Å². The van der Waals surface area contributed by atoms with Crippen molar-refractivity contribution in [3.05, 3.63) is 54.0 Å². The first-order chi connectivity index (χ1) is 12.4. The first-order valence-electron chi connectivity index (χ1n) is 7.56. The molecule has 10 heteroatoms. The molecule has 0 spiro atoms. The van der Waals surface area contributed by atoms with Crippen molar-refractivity contribution >= 4 is 21.4 Å². The van der Waals surface area contributed by atoms with Crippen LogP contribution in [0.3, 0.4) is 0 Å². The van der Waals surface area contributed by atoms with Crippen LogP contribution in [0.5, 0.6) is 0 Å². The van der Waals surface area contributed by atoms with E-state index in [4.69, 9.17) is 5.26 Å². The van der Waals surface area contributed by atoms with Crippen molar-refractivity contribution in [2.75, 3.05) is 10.8 Å². The van der Waals surface area contributed by atoms with Gasteiger partial charge in [-0.05, 0) is 24.3 Å². The topological polar surface area (TPSA) is 91.4 Å². The molecule has 0 aliphatic heterocycles. The average Bonchev–Trinajstić information content (AvgIpc) is 3.00. The molecule has 134 valence electrons. The number of nitrogens with zero attached hydrogens (tertiary/aromatic N) is 5. The minimum atomic E-state index is -4.24. The van der Waals surface area contributed by atoms with Crippen molar-refractivity contribution in [3.63, 3.8) is 0 Å². The summed E-state index contributed by atoms with van der Waals surface area (Å²) < 4.78 is 55.2. The molecule has 0 aliphatic rings. The van der Waals surface area contributed by atoms with Gasteiger partial charge in [0.1, 0.15) is 28.9 Å². The summed E-state index contributed by atoms with van der Waals surface area (Å²) >= 11 is 0. The van der Waals surface area contributed by atoms with Gasteiger partial charge in [-0.1, -0.05) is 6.92 Å². The van der Waals surface area contributed by atoms with Gasteiger partial charge in [-0.3, -0.25) is 8.71 Å². The Morgan fingerprint density at radius 1 is 1.19 bits per heavy atom. The van der Waals surface area contributed by atoms with E-state index in [0.717, 1.165) is 12.1 Å². The van der Waals surface area contributed by atoms with Gasteiger partial charge in [0.05, 0.1) is 11.8 Å². The molecule has 3 aromatic rings. The number of sulfonamides is 1. The van der Waals surface area contributed by atoms with Crippen LogP contribution in [0.1, 0.15) is 12.7 Å². The molecule has 0 fully saturated rings. The maximum Gasteiger partial charge on any atom is 0.266 e.